The van der Waals surface area contributed by atoms with Crippen LogP contribution in [0.4, 0.5) is 0 Å². The van der Waals surface area contributed by atoms with Crippen LogP contribution in [0.3, 0.4) is 0 Å². The first-order valence-electron chi connectivity index (χ1n) is 11.0. The Morgan fingerprint density at radius 2 is 1.72 bits per heavy atom. The average Bonchev–Trinajstić information content (AvgIpc) is 3.36. The fourth-order valence-corrected chi connectivity index (χ4v) is 4.20. The minimum atomic E-state index is -0.288. The van der Waals surface area contributed by atoms with Gasteiger partial charge in [-0.3, -0.25) is 9.36 Å². The van der Waals surface area contributed by atoms with Crippen LogP contribution in [0.15, 0.2) is 83.1 Å². The van der Waals surface area contributed by atoms with Crippen LogP contribution >= 0.6 is 11.8 Å². The molecule has 0 aliphatic carbocycles. The fourth-order valence-electron chi connectivity index (χ4n) is 3.45. The molecular weight excluding hydrogens is 478 g/mol. The molecule has 3 aromatic carbocycles. The number of para-hydroxylation sites is 1. The number of thioether (sulfide) groups is 1. The molecule has 0 atom stereocenters. The molecule has 1 aromatic heterocycles. The molecule has 36 heavy (non-hydrogen) atoms. The van der Waals surface area contributed by atoms with Gasteiger partial charge in [-0.15, -0.1) is 10.2 Å². The van der Waals surface area contributed by atoms with Crippen LogP contribution in [0.5, 0.6) is 17.2 Å². The molecule has 0 bridgehead atoms. The molecule has 0 unspecified atom stereocenters. The zero-order valence-corrected chi connectivity index (χ0v) is 20.9. The number of rotatable bonds is 10. The molecule has 184 valence electrons. The third-order valence-electron chi connectivity index (χ3n) is 5.15. The van der Waals surface area contributed by atoms with Gasteiger partial charge in [-0.1, -0.05) is 48.2 Å². The van der Waals surface area contributed by atoms with Crippen molar-refractivity contribution in [1.29, 1.82) is 0 Å². The monoisotopic (exact) mass is 503 g/mol. The maximum Gasteiger partial charge on any atom is 0.250 e. The molecule has 4 aromatic rings. The Morgan fingerprint density at radius 1 is 0.944 bits per heavy atom. The molecule has 9 nitrogen and oxygen atoms in total. The van der Waals surface area contributed by atoms with Gasteiger partial charge in [0.15, 0.2) is 22.5 Å². The standard InChI is InChI=1S/C26H25N5O4S/c1-33-21-14-12-20(13-15-21)31-25(18-8-5-4-6-9-18)29-30-26(31)36-17-23(32)28-27-16-19-10-7-11-22(34-2)24(19)35-3/h4-16H,17H2,1-3H3,(H,28,32)/b27-16+. The highest BCUT2D eigenvalue weighted by atomic mass is 32.2. The van der Waals surface area contributed by atoms with Crippen molar-refractivity contribution in [2.24, 2.45) is 5.10 Å². The van der Waals surface area contributed by atoms with Gasteiger partial charge in [-0.25, -0.2) is 5.43 Å². The summed E-state index contributed by atoms with van der Waals surface area (Å²) in [6.07, 6.45) is 1.51. The number of ether oxygens (including phenoxy) is 3. The molecular formula is C26H25N5O4S. The number of hydrogen-bond donors (Lipinski definition) is 1. The van der Waals surface area contributed by atoms with Crippen molar-refractivity contribution in [3.8, 4) is 34.3 Å². The molecule has 0 aliphatic rings. The lowest BCUT2D eigenvalue weighted by atomic mass is 10.2. The van der Waals surface area contributed by atoms with Crippen LogP contribution in [0.2, 0.25) is 0 Å². The summed E-state index contributed by atoms with van der Waals surface area (Å²) in [6.45, 7) is 0. The second kappa shape index (κ2) is 11.9. The normalized spacial score (nSPS) is 10.9. The predicted octanol–water partition coefficient (Wildman–Crippen LogP) is 4.20. The fraction of sp³-hybridized carbons (Fsp3) is 0.154. The quantitative estimate of drug-likeness (QED) is 0.197. The summed E-state index contributed by atoms with van der Waals surface area (Å²) in [5, 5.41) is 13.4. The van der Waals surface area contributed by atoms with Crippen LogP contribution in [0, 0.1) is 0 Å². The molecule has 0 radical (unpaired) electrons. The summed E-state index contributed by atoms with van der Waals surface area (Å²) < 4.78 is 17.9. The zero-order valence-electron chi connectivity index (χ0n) is 20.0. The van der Waals surface area contributed by atoms with Crippen molar-refractivity contribution in [2.45, 2.75) is 5.16 Å². The van der Waals surface area contributed by atoms with E-state index in [1.165, 1.54) is 18.0 Å². The minimum Gasteiger partial charge on any atom is -0.497 e. The molecule has 10 heteroatoms. The predicted molar refractivity (Wildman–Crippen MR) is 139 cm³/mol. The molecule has 0 fully saturated rings. The van der Waals surface area contributed by atoms with E-state index in [-0.39, 0.29) is 11.7 Å². The first-order chi connectivity index (χ1) is 17.6. The first kappa shape index (κ1) is 24.8. The maximum absolute atomic E-state index is 12.5. The Bertz CT molecular complexity index is 1340. The van der Waals surface area contributed by atoms with Gasteiger partial charge in [0.1, 0.15) is 5.75 Å². The lowest BCUT2D eigenvalue weighted by Crippen LogP contribution is -2.20. The van der Waals surface area contributed by atoms with Crippen LogP contribution in [0.25, 0.3) is 17.1 Å². The number of benzene rings is 3. The van der Waals surface area contributed by atoms with Gasteiger partial charge in [0.05, 0.1) is 33.3 Å². The van der Waals surface area contributed by atoms with Gasteiger partial charge in [0.25, 0.3) is 5.91 Å². The number of amides is 1. The third kappa shape index (κ3) is 5.66. The van der Waals surface area contributed by atoms with Crippen molar-refractivity contribution in [3.63, 3.8) is 0 Å². The highest BCUT2D eigenvalue weighted by Crippen LogP contribution is 2.30. The van der Waals surface area contributed by atoms with E-state index in [4.69, 9.17) is 14.2 Å². The molecule has 1 amide bonds. The van der Waals surface area contributed by atoms with E-state index in [2.05, 4.69) is 20.7 Å². The summed E-state index contributed by atoms with van der Waals surface area (Å²) in [7, 11) is 4.73. The molecule has 4 rings (SSSR count). The summed E-state index contributed by atoms with van der Waals surface area (Å²) in [5.41, 5.74) is 4.98. The Labute approximate surface area is 213 Å². The molecule has 0 aliphatic heterocycles. The topological polar surface area (TPSA) is 99.9 Å². The molecule has 0 saturated heterocycles. The van der Waals surface area contributed by atoms with Crippen LogP contribution in [-0.4, -0.2) is 54.0 Å². The van der Waals surface area contributed by atoms with Gasteiger partial charge in [0, 0.05) is 16.8 Å². The van der Waals surface area contributed by atoms with E-state index >= 15 is 0 Å². The average molecular weight is 504 g/mol. The van der Waals surface area contributed by atoms with Crippen molar-refractivity contribution in [3.05, 3.63) is 78.4 Å². The van der Waals surface area contributed by atoms with Gasteiger partial charge in [-0.2, -0.15) is 5.10 Å². The van der Waals surface area contributed by atoms with E-state index in [0.29, 0.717) is 28.0 Å². The lowest BCUT2D eigenvalue weighted by molar-refractivity contribution is -0.118. The highest BCUT2D eigenvalue weighted by Gasteiger charge is 2.17. The van der Waals surface area contributed by atoms with E-state index in [1.807, 2.05) is 71.3 Å². The molecule has 1 N–H and O–H groups in total. The Hall–Kier alpha value is -4.31. The van der Waals surface area contributed by atoms with E-state index in [1.54, 1.807) is 27.4 Å². The van der Waals surface area contributed by atoms with Crippen molar-refractivity contribution >= 4 is 23.9 Å². The lowest BCUT2D eigenvalue weighted by Gasteiger charge is -2.11. The van der Waals surface area contributed by atoms with Crippen LogP contribution in [0.1, 0.15) is 5.56 Å². The summed E-state index contributed by atoms with van der Waals surface area (Å²) >= 11 is 1.26. The van der Waals surface area contributed by atoms with Gasteiger partial charge >= 0.3 is 0 Å². The summed E-state index contributed by atoms with van der Waals surface area (Å²) in [4.78, 5) is 12.5. The van der Waals surface area contributed by atoms with E-state index in [0.717, 1.165) is 17.0 Å². The van der Waals surface area contributed by atoms with Gasteiger partial charge in [-0.05, 0) is 36.4 Å². The summed E-state index contributed by atoms with van der Waals surface area (Å²) in [5.74, 6) is 2.34. The van der Waals surface area contributed by atoms with Gasteiger partial charge in [0.2, 0.25) is 0 Å². The summed E-state index contributed by atoms with van der Waals surface area (Å²) in [6, 6.07) is 22.8. The number of carbonyl (C=O) groups excluding carboxylic acids is 1. The number of hydrogen-bond acceptors (Lipinski definition) is 8. The Morgan fingerprint density at radius 3 is 2.42 bits per heavy atom. The minimum absolute atomic E-state index is 0.0929. The van der Waals surface area contributed by atoms with Crippen molar-refractivity contribution in [2.75, 3.05) is 27.1 Å². The maximum atomic E-state index is 12.5. The second-order valence-corrected chi connectivity index (χ2v) is 8.31. The number of nitrogens with one attached hydrogen (secondary N) is 1. The number of nitrogens with zero attached hydrogens (tertiary/aromatic N) is 4. The van der Waals surface area contributed by atoms with Crippen LogP contribution in [-0.2, 0) is 4.79 Å². The number of hydrazone groups is 1. The number of methoxy groups -OCH3 is 3. The number of carbonyl (C=O) groups is 1. The molecule has 0 saturated carbocycles. The van der Waals surface area contributed by atoms with E-state index in [9.17, 15) is 4.79 Å². The number of aromatic nitrogens is 3. The second-order valence-electron chi connectivity index (χ2n) is 7.37. The zero-order chi connectivity index (χ0) is 25.3. The third-order valence-corrected chi connectivity index (χ3v) is 6.08. The van der Waals surface area contributed by atoms with E-state index < -0.39 is 0 Å². The first-order valence-corrected chi connectivity index (χ1v) is 11.9. The Balaban J connectivity index is 1.50. The van der Waals surface area contributed by atoms with Crippen molar-refractivity contribution < 1.29 is 19.0 Å². The van der Waals surface area contributed by atoms with Gasteiger partial charge < -0.3 is 14.2 Å². The highest BCUT2D eigenvalue weighted by molar-refractivity contribution is 7.99. The molecule has 0 spiro atoms. The smallest absolute Gasteiger partial charge is 0.250 e. The SMILES string of the molecule is COc1ccc(-n2c(SCC(=O)N/N=C/c3cccc(OC)c3OC)nnc2-c2ccccc2)cc1. The van der Waals surface area contributed by atoms with Crippen LogP contribution < -0.4 is 19.6 Å². The largest absolute Gasteiger partial charge is 0.497 e. The van der Waals surface area contributed by atoms with Crippen molar-refractivity contribution in [1.82, 2.24) is 20.2 Å². The Kier molecular flexibility index (Phi) is 8.20. The molecule has 1 heterocycles.